The number of methoxy groups -OCH3 is 1. The predicted molar refractivity (Wildman–Crippen MR) is 116 cm³/mol. The molecule has 3 aliphatic rings. The van der Waals surface area contributed by atoms with Gasteiger partial charge >= 0.3 is 5.97 Å². The molecule has 2 aliphatic heterocycles. The summed E-state index contributed by atoms with van der Waals surface area (Å²) >= 11 is 0. The summed E-state index contributed by atoms with van der Waals surface area (Å²) in [6.07, 6.45) is 1.80. The van der Waals surface area contributed by atoms with Crippen molar-refractivity contribution in [3.05, 3.63) is 53.3 Å². The largest absolute Gasteiger partial charge is 0.469 e. The molecule has 2 heterocycles. The second-order valence-corrected chi connectivity index (χ2v) is 8.68. The van der Waals surface area contributed by atoms with Gasteiger partial charge in [0.15, 0.2) is 5.75 Å². The molecule has 5 rings (SSSR count). The Morgan fingerprint density at radius 3 is 2.61 bits per heavy atom. The third-order valence-corrected chi connectivity index (χ3v) is 6.42. The van der Waals surface area contributed by atoms with E-state index in [1.165, 1.54) is 19.2 Å². The number of nitrogens with zero attached hydrogens (tertiary/aromatic N) is 3. The Morgan fingerprint density at radius 1 is 1.13 bits per heavy atom. The summed E-state index contributed by atoms with van der Waals surface area (Å²) in [6, 6.07) is 10.5. The molecule has 6 nitrogen and oxygen atoms in total. The van der Waals surface area contributed by atoms with Gasteiger partial charge in [0.25, 0.3) is 0 Å². The molecular formula is C24H26FN3O3. The number of aliphatic imine (C=N–C) groups is 1. The van der Waals surface area contributed by atoms with Crippen molar-refractivity contribution in [3.63, 3.8) is 0 Å². The summed E-state index contributed by atoms with van der Waals surface area (Å²) in [5, 5.41) is 0. The highest BCUT2D eigenvalue weighted by Crippen LogP contribution is 2.47. The SMILES string of the molecule is COC(=O)C1(CN2CCN(C3=Nc4ccc(C)cc4Oc4cc(F)ccc43)CC2)CC1. The van der Waals surface area contributed by atoms with E-state index in [0.717, 1.165) is 68.2 Å². The van der Waals surface area contributed by atoms with E-state index >= 15 is 0 Å². The number of ether oxygens (including phenoxy) is 2. The maximum Gasteiger partial charge on any atom is 0.313 e. The first kappa shape index (κ1) is 20.0. The van der Waals surface area contributed by atoms with Gasteiger partial charge in [-0.2, -0.15) is 0 Å². The number of hydrogen-bond donors (Lipinski definition) is 0. The van der Waals surface area contributed by atoms with Gasteiger partial charge in [-0.3, -0.25) is 9.69 Å². The molecule has 0 aromatic heterocycles. The Kier molecular flexibility index (Phi) is 4.93. The van der Waals surface area contributed by atoms with Crippen molar-refractivity contribution in [3.8, 4) is 11.5 Å². The lowest BCUT2D eigenvalue weighted by Gasteiger charge is -2.37. The van der Waals surface area contributed by atoms with Crippen molar-refractivity contribution >= 4 is 17.5 Å². The number of rotatable bonds is 3. The van der Waals surface area contributed by atoms with Crippen molar-refractivity contribution < 1.29 is 18.7 Å². The zero-order valence-corrected chi connectivity index (χ0v) is 17.9. The van der Waals surface area contributed by atoms with Crippen molar-refractivity contribution in [2.45, 2.75) is 19.8 Å². The molecular weight excluding hydrogens is 397 g/mol. The highest BCUT2D eigenvalue weighted by molar-refractivity contribution is 6.03. The quantitative estimate of drug-likeness (QED) is 0.701. The monoisotopic (exact) mass is 423 g/mol. The molecule has 0 radical (unpaired) electrons. The Balaban J connectivity index is 1.39. The van der Waals surface area contributed by atoms with Gasteiger partial charge in [-0.1, -0.05) is 6.07 Å². The smallest absolute Gasteiger partial charge is 0.313 e. The van der Waals surface area contributed by atoms with E-state index in [4.69, 9.17) is 14.5 Å². The number of esters is 1. The molecule has 2 aromatic carbocycles. The average Bonchev–Trinajstić information content (AvgIpc) is 3.56. The highest BCUT2D eigenvalue weighted by Gasteiger charge is 2.52. The van der Waals surface area contributed by atoms with Crippen molar-refractivity contribution in [2.75, 3.05) is 39.8 Å². The Morgan fingerprint density at radius 2 is 1.90 bits per heavy atom. The van der Waals surface area contributed by atoms with Crippen LogP contribution in [-0.4, -0.2) is 61.4 Å². The second-order valence-electron chi connectivity index (χ2n) is 8.68. The zero-order valence-electron chi connectivity index (χ0n) is 17.9. The number of carbonyl (C=O) groups is 1. The van der Waals surface area contributed by atoms with Gasteiger partial charge in [0.1, 0.15) is 23.1 Å². The normalized spacial score (nSPS) is 19.5. The van der Waals surface area contributed by atoms with Crippen LogP contribution in [0.4, 0.5) is 10.1 Å². The number of piperazine rings is 1. The summed E-state index contributed by atoms with van der Waals surface area (Å²) in [6.45, 7) is 5.94. The van der Waals surface area contributed by atoms with Gasteiger partial charge in [-0.25, -0.2) is 9.38 Å². The van der Waals surface area contributed by atoms with Crippen LogP contribution in [0, 0.1) is 18.2 Å². The number of benzene rings is 2. The molecule has 0 unspecified atom stereocenters. The van der Waals surface area contributed by atoms with Crippen molar-refractivity contribution in [1.82, 2.24) is 9.80 Å². The molecule has 1 saturated heterocycles. The summed E-state index contributed by atoms with van der Waals surface area (Å²) < 4.78 is 25.1. The lowest BCUT2D eigenvalue weighted by Crippen LogP contribution is -2.51. The molecule has 2 fully saturated rings. The van der Waals surface area contributed by atoms with E-state index in [9.17, 15) is 9.18 Å². The van der Waals surface area contributed by atoms with Crippen LogP contribution in [0.25, 0.3) is 0 Å². The van der Waals surface area contributed by atoms with E-state index in [0.29, 0.717) is 11.5 Å². The van der Waals surface area contributed by atoms with Crippen LogP contribution in [0.5, 0.6) is 11.5 Å². The topological polar surface area (TPSA) is 54.4 Å². The number of halogens is 1. The van der Waals surface area contributed by atoms with Crippen LogP contribution in [0.2, 0.25) is 0 Å². The van der Waals surface area contributed by atoms with Gasteiger partial charge in [0.05, 0.1) is 18.1 Å². The highest BCUT2D eigenvalue weighted by atomic mass is 19.1. The minimum Gasteiger partial charge on any atom is -0.469 e. The molecule has 1 aliphatic carbocycles. The van der Waals surface area contributed by atoms with Crippen molar-refractivity contribution in [1.29, 1.82) is 0 Å². The third-order valence-electron chi connectivity index (χ3n) is 6.42. The van der Waals surface area contributed by atoms with Crippen LogP contribution < -0.4 is 4.74 Å². The first-order valence-corrected chi connectivity index (χ1v) is 10.7. The van der Waals surface area contributed by atoms with Crippen LogP contribution in [0.1, 0.15) is 24.0 Å². The first-order valence-electron chi connectivity index (χ1n) is 10.7. The number of aryl methyl sites for hydroxylation is 1. The molecule has 0 amide bonds. The fourth-order valence-corrected chi connectivity index (χ4v) is 4.43. The summed E-state index contributed by atoms with van der Waals surface area (Å²) in [7, 11) is 1.46. The summed E-state index contributed by atoms with van der Waals surface area (Å²) in [5.41, 5.74) is 2.27. The predicted octanol–water partition coefficient (Wildman–Crippen LogP) is 3.89. The van der Waals surface area contributed by atoms with Gasteiger partial charge < -0.3 is 14.4 Å². The Hall–Kier alpha value is -2.93. The zero-order chi connectivity index (χ0) is 21.6. The van der Waals surface area contributed by atoms with Gasteiger partial charge in [0, 0.05) is 38.8 Å². The van der Waals surface area contributed by atoms with E-state index in [-0.39, 0.29) is 17.2 Å². The van der Waals surface area contributed by atoms with E-state index in [1.54, 1.807) is 6.07 Å². The van der Waals surface area contributed by atoms with Crippen LogP contribution in [0.15, 0.2) is 41.4 Å². The van der Waals surface area contributed by atoms with Crippen LogP contribution in [0.3, 0.4) is 0 Å². The summed E-state index contributed by atoms with van der Waals surface area (Å²) in [5.74, 6) is 1.48. The average molecular weight is 423 g/mol. The number of hydrogen-bond acceptors (Lipinski definition) is 6. The van der Waals surface area contributed by atoms with Crippen LogP contribution in [-0.2, 0) is 9.53 Å². The number of fused-ring (bicyclic) bond motifs is 2. The van der Waals surface area contributed by atoms with E-state index in [2.05, 4.69) is 9.80 Å². The lowest BCUT2D eigenvalue weighted by atomic mass is 10.1. The fraction of sp³-hybridized carbons (Fsp3) is 0.417. The minimum atomic E-state index is -0.337. The second kappa shape index (κ2) is 7.64. The Labute approximate surface area is 181 Å². The lowest BCUT2D eigenvalue weighted by molar-refractivity contribution is -0.148. The molecule has 162 valence electrons. The molecule has 0 bridgehead atoms. The van der Waals surface area contributed by atoms with Crippen molar-refractivity contribution in [2.24, 2.45) is 10.4 Å². The maximum atomic E-state index is 14.0. The molecule has 0 atom stereocenters. The fourth-order valence-electron chi connectivity index (χ4n) is 4.43. The van der Waals surface area contributed by atoms with E-state index in [1.807, 2.05) is 25.1 Å². The van der Waals surface area contributed by atoms with Gasteiger partial charge in [-0.15, -0.1) is 0 Å². The standard InChI is InChI=1S/C24H26FN3O3/c1-16-3-6-19-21(13-16)31-20-14-17(25)4-5-18(20)22(26-19)28-11-9-27(10-12-28)15-24(7-8-24)23(29)30-2/h3-6,13-14H,7-12,15H2,1-2H3. The maximum absolute atomic E-state index is 14.0. The molecule has 0 N–H and O–H groups in total. The van der Waals surface area contributed by atoms with Gasteiger partial charge in [-0.05, 0) is 49.6 Å². The number of carbonyl (C=O) groups excluding carboxylic acids is 1. The first-order chi connectivity index (χ1) is 15.0. The van der Waals surface area contributed by atoms with Crippen LogP contribution >= 0.6 is 0 Å². The molecule has 7 heteroatoms. The molecule has 0 spiro atoms. The third kappa shape index (κ3) is 3.78. The molecule has 1 saturated carbocycles. The summed E-state index contributed by atoms with van der Waals surface area (Å²) in [4.78, 5) is 21.6. The minimum absolute atomic E-state index is 0.0944. The number of amidine groups is 1. The molecule has 31 heavy (non-hydrogen) atoms. The van der Waals surface area contributed by atoms with E-state index < -0.39 is 0 Å². The van der Waals surface area contributed by atoms with Gasteiger partial charge in [0.2, 0.25) is 0 Å². The Bertz CT molecular complexity index is 1060. The molecule has 2 aromatic rings.